The summed E-state index contributed by atoms with van der Waals surface area (Å²) in [5.74, 6) is 0.297. The number of aryl methyl sites for hydroxylation is 1. The molecule has 4 aromatic rings. The minimum atomic E-state index is -0.207. The predicted molar refractivity (Wildman–Crippen MR) is 111 cm³/mol. The van der Waals surface area contributed by atoms with Crippen molar-refractivity contribution in [2.24, 2.45) is 0 Å². The van der Waals surface area contributed by atoms with Gasteiger partial charge in [-0.25, -0.2) is 4.98 Å². The normalized spacial score (nSPS) is 10.7. The molecule has 0 aliphatic rings. The zero-order valence-corrected chi connectivity index (χ0v) is 15.8. The van der Waals surface area contributed by atoms with Crippen LogP contribution in [-0.2, 0) is 6.61 Å². The molecule has 2 aromatic carbocycles. The Morgan fingerprint density at radius 1 is 1.03 bits per heavy atom. The molecule has 6 nitrogen and oxygen atoms in total. The van der Waals surface area contributed by atoms with E-state index in [1.807, 2.05) is 43.3 Å². The first-order valence-corrected chi connectivity index (χ1v) is 9.18. The lowest BCUT2D eigenvalue weighted by Gasteiger charge is -2.13. The Labute approximate surface area is 167 Å². The second-order valence-corrected chi connectivity index (χ2v) is 6.57. The number of hydrogen-bond acceptors (Lipinski definition) is 4. The van der Waals surface area contributed by atoms with Crippen LogP contribution < -0.4 is 15.6 Å². The van der Waals surface area contributed by atoms with Gasteiger partial charge in [-0.15, -0.1) is 0 Å². The molecule has 0 unspecified atom stereocenters. The fraction of sp³-hybridized carbons (Fsp3) is 0.0870. The van der Waals surface area contributed by atoms with Crippen LogP contribution in [-0.4, -0.2) is 15.3 Å². The molecule has 1 amide bonds. The minimum Gasteiger partial charge on any atom is -0.485 e. The van der Waals surface area contributed by atoms with Crippen LogP contribution in [0.5, 0.6) is 5.75 Å². The number of nitrogens with one attached hydrogen (secondary N) is 1. The Morgan fingerprint density at radius 3 is 2.66 bits per heavy atom. The van der Waals surface area contributed by atoms with E-state index in [1.54, 1.807) is 36.5 Å². The fourth-order valence-electron chi connectivity index (χ4n) is 3.04. The second-order valence-electron chi connectivity index (χ2n) is 6.57. The third-order valence-electron chi connectivity index (χ3n) is 4.52. The molecule has 6 heteroatoms. The highest BCUT2D eigenvalue weighted by Crippen LogP contribution is 2.25. The van der Waals surface area contributed by atoms with Crippen LogP contribution in [0.25, 0.3) is 5.65 Å². The second kappa shape index (κ2) is 7.98. The maximum atomic E-state index is 12.6. The molecule has 0 aliphatic carbocycles. The highest BCUT2D eigenvalue weighted by atomic mass is 16.5. The maximum absolute atomic E-state index is 12.6. The van der Waals surface area contributed by atoms with Gasteiger partial charge >= 0.3 is 0 Å². The van der Waals surface area contributed by atoms with E-state index < -0.39 is 0 Å². The molecule has 29 heavy (non-hydrogen) atoms. The third kappa shape index (κ3) is 4.01. The molecular weight excluding hydrogens is 366 g/mol. The van der Waals surface area contributed by atoms with Crippen molar-refractivity contribution in [1.29, 1.82) is 0 Å². The monoisotopic (exact) mass is 385 g/mol. The summed E-state index contributed by atoms with van der Waals surface area (Å²) in [7, 11) is 0. The Bertz CT molecular complexity index is 1250. The number of rotatable bonds is 5. The molecule has 0 bridgehead atoms. The lowest BCUT2D eigenvalue weighted by molar-refractivity contribution is 0.102. The summed E-state index contributed by atoms with van der Waals surface area (Å²) < 4.78 is 7.34. The first kappa shape index (κ1) is 18.4. The van der Waals surface area contributed by atoms with Gasteiger partial charge in [0.15, 0.2) is 0 Å². The van der Waals surface area contributed by atoms with Gasteiger partial charge in [-0.3, -0.25) is 14.0 Å². The number of pyridine rings is 1. The Balaban J connectivity index is 1.54. The van der Waals surface area contributed by atoms with Gasteiger partial charge in [0, 0.05) is 17.8 Å². The molecule has 0 saturated carbocycles. The number of benzene rings is 2. The number of aromatic nitrogens is 2. The molecule has 0 aliphatic heterocycles. The number of amides is 1. The summed E-state index contributed by atoms with van der Waals surface area (Å²) in [5, 5.41) is 2.89. The number of carbonyl (C=O) groups excluding carboxylic acids is 1. The molecule has 2 heterocycles. The van der Waals surface area contributed by atoms with Gasteiger partial charge in [0.2, 0.25) is 0 Å². The lowest BCUT2D eigenvalue weighted by Crippen LogP contribution is -2.16. The number of para-hydroxylation sites is 2. The van der Waals surface area contributed by atoms with Crippen LogP contribution >= 0.6 is 0 Å². The molecule has 4 rings (SSSR count). The van der Waals surface area contributed by atoms with Crippen molar-refractivity contribution in [3.05, 3.63) is 106 Å². The zero-order valence-electron chi connectivity index (χ0n) is 15.8. The molecule has 0 atom stereocenters. The number of fused-ring (bicyclic) bond motifs is 1. The summed E-state index contributed by atoms with van der Waals surface area (Å²) in [4.78, 5) is 29.3. The predicted octanol–water partition coefficient (Wildman–Crippen LogP) is 3.83. The van der Waals surface area contributed by atoms with E-state index in [0.717, 1.165) is 5.56 Å². The van der Waals surface area contributed by atoms with Gasteiger partial charge in [-0.2, -0.15) is 0 Å². The van der Waals surface area contributed by atoms with Crippen molar-refractivity contribution in [2.45, 2.75) is 13.5 Å². The number of nitrogens with zero attached hydrogens (tertiary/aromatic N) is 2. The topological polar surface area (TPSA) is 72.7 Å². The van der Waals surface area contributed by atoms with E-state index in [2.05, 4.69) is 10.3 Å². The largest absolute Gasteiger partial charge is 0.485 e. The van der Waals surface area contributed by atoms with Gasteiger partial charge in [0.05, 0.1) is 11.4 Å². The van der Waals surface area contributed by atoms with Crippen molar-refractivity contribution in [3.8, 4) is 5.75 Å². The van der Waals surface area contributed by atoms with Crippen LogP contribution in [0.15, 0.2) is 83.8 Å². The highest BCUT2D eigenvalue weighted by Gasteiger charge is 2.12. The number of carbonyl (C=O) groups is 1. The van der Waals surface area contributed by atoms with Crippen molar-refractivity contribution in [3.63, 3.8) is 0 Å². The summed E-state index contributed by atoms with van der Waals surface area (Å²) in [6.45, 7) is 2.00. The summed E-state index contributed by atoms with van der Waals surface area (Å²) in [6.07, 6.45) is 1.67. The van der Waals surface area contributed by atoms with E-state index in [4.69, 9.17) is 4.74 Å². The average Bonchev–Trinajstić information content (AvgIpc) is 2.73. The molecular formula is C23H19N3O3. The Hall–Kier alpha value is -3.93. The van der Waals surface area contributed by atoms with E-state index in [-0.39, 0.29) is 18.1 Å². The SMILES string of the molecule is Cc1ccccc1C(=O)Nc1ccccc1OCc1cc(=O)n2ccccc2n1. The van der Waals surface area contributed by atoms with E-state index in [9.17, 15) is 9.59 Å². The molecule has 0 saturated heterocycles. The first-order valence-electron chi connectivity index (χ1n) is 9.18. The standard InChI is InChI=1S/C23H19N3O3/c1-16-8-2-3-9-18(16)23(28)25-19-10-4-5-11-20(19)29-15-17-14-22(27)26-13-7-6-12-21(26)24-17/h2-14H,15H2,1H3,(H,25,28). The molecule has 1 N–H and O–H groups in total. The summed E-state index contributed by atoms with van der Waals surface area (Å²) in [6, 6.07) is 21.4. The maximum Gasteiger partial charge on any atom is 0.258 e. The molecule has 0 radical (unpaired) electrons. The minimum absolute atomic E-state index is 0.109. The summed E-state index contributed by atoms with van der Waals surface area (Å²) in [5.41, 5.74) is 2.95. The molecule has 0 spiro atoms. The lowest BCUT2D eigenvalue weighted by atomic mass is 10.1. The quantitative estimate of drug-likeness (QED) is 0.567. The van der Waals surface area contributed by atoms with E-state index in [1.165, 1.54) is 10.5 Å². The zero-order chi connectivity index (χ0) is 20.2. The van der Waals surface area contributed by atoms with Crippen molar-refractivity contribution < 1.29 is 9.53 Å². The van der Waals surface area contributed by atoms with Crippen LogP contribution in [0.2, 0.25) is 0 Å². The fourth-order valence-corrected chi connectivity index (χ4v) is 3.04. The van der Waals surface area contributed by atoms with E-state index in [0.29, 0.717) is 28.3 Å². The smallest absolute Gasteiger partial charge is 0.258 e. The van der Waals surface area contributed by atoms with Gasteiger partial charge in [-0.1, -0.05) is 36.4 Å². The third-order valence-corrected chi connectivity index (χ3v) is 4.52. The Morgan fingerprint density at radius 2 is 1.79 bits per heavy atom. The van der Waals surface area contributed by atoms with Crippen LogP contribution in [0.1, 0.15) is 21.6 Å². The molecule has 144 valence electrons. The van der Waals surface area contributed by atoms with Crippen molar-refractivity contribution in [1.82, 2.24) is 9.38 Å². The number of hydrogen-bond donors (Lipinski definition) is 1. The van der Waals surface area contributed by atoms with Gasteiger partial charge in [0.1, 0.15) is 18.0 Å². The summed E-state index contributed by atoms with van der Waals surface area (Å²) >= 11 is 0. The van der Waals surface area contributed by atoms with Crippen LogP contribution in [0.4, 0.5) is 5.69 Å². The van der Waals surface area contributed by atoms with Crippen LogP contribution in [0.3, 0.4) is 0 Å². The molecule has 2 aromatic heterocycles. The number of ether oxygens (including phenoxy) is 1. The van der Waals surface area contributed by atoms with Gasteiger partial charge < -0.3 is 10.1 Å². The molecule has 0 fully saturated rings. The van der Waals surface area contributed by atoms with Crippen molar-refractivity contribution in [2.75, 3.05) is 5.32 Å². The Kier molecular flexibility index (Phi) is 5.07. The van der Waals surface area contributed by atoms with Gasteiger partial charge in [0.25, 0.3) is 11.5 Å². The van der Waals surface area contributed by atoms with E-state index >= 15 is 0 Å². The average molecular weight is 385 g/mol. The van der Waals surface area contributed by atoms with Crippen LogP contribution in [0, 0.1) is 6.92 Å². The first-order chi connectivity index (χ1) is 14.1. The number of anilines is 1. The highest BCUT2D eigenvalue weighted by molar-refractivity contribution is 6.05. The van der Waals surface area contributed by atoms with Crippen molar-refractivity contribution >= 4 is 17.2 Å². The van der Waals surface area contributed by atoms with Gasteiger partial charge in [-0.05, 0) is 42.8 Å².